The van der Waals surface area contributed by atoms with Crippen molar-refractivity contribution in [3.05, 3.63) is 206 Å². The standard InChI is InChI=1S/C58H34N4O/c1-2-17-37-36(16-1)41(57-42-21-3-8-24-47(42)59-58(60-57)44-23-14-30-55-56(44)43-22-7-12-29-54(43)63-55)31-32-52(37)62-50-27-11-6-20-40(50)46-33-35-15-13-28-51(45(35)34-53(46)62)61-48-25-9-4-18-38(48)39-19-5-10-26-49(39)61/h1-34H. The Bertz CT molecular complexity index is 4170. The molecule has 0 aliphatic heterocycles. The van der Waals surface area contributed by atoms with Gasteiger partial charge in [0.05, 0.1) is 44.7 Å². The van der Waals surface area contributed by atoms with Crippen molar-refractivity contribution < 1.29 is 4.42 Å². The molecule has 0 fully saturated rings. The molecular weight excluding hydrogens is 769 g/mol. The van der Waals surface area contributed by atoms with Gasteiger partial charge in [0.25, 0.3) is 0 Å². The van der Waals surface area contributed by atoms with Crippen LogP contribution in [0.25, 0.3) is 132 Å². The molecule has 5 heteroatoms. The Hall–Kier alpha value is -8.54. The van der Waals surface area contributed by atoms with Crippen LogP contribution in [0.1, 0.15) is 0 Å². The lowest BCUT2D eigenvalue weighted by atomic mass is 9.97. The van der Waals surface area contributed by atoms with E-state index in [0.717, 1.165) is 82.8 Å². The molecule has 0 bridgehead atoms. The van der Waals surface area contributed by atoms with Gasteiger partial charge in [0.1, 0.15) is 11.2 Å². The van der Waals surface area contributed by atoms with Gasteiger partial charge in [0, 0.05) is 59.6 Å². The predicted octanol–water partition coefficient (Wildman–Crippen LogP) is 15.4. The quantitative estimate of drug-likeness (QED) is 0.178. The van der Waals surface area contributed by atoms with Crippen LogP contribution in [0.3, 0.4) is 0 Å². The highest BCUT2D eigenvalue weighted by molar-refractivity contribution is 6.18. The molecule has 0 N–H and O–H groups in total. The number of nitrogens with zero attached hydrogens (tertiary/aromatic N) is 4. The van der Waals surface area contributed by atoms with E-state index in [9.17, 15) is 0 Å². The lowest BCUT2D eigenvalue weighted by Crippen LogP contribution is -1.99. The zero-order valence-electron chi connectivity index (χ0n) is 33.8. The first kappa shape index (κ1) is 34.2. The normalized spacial score (nSPS) is 12.1. The molecule has 0 unspecified atom stereocenters. The largest absolute Gasteiger partial charge is 0.456 e. The Morgan fingerprint density at radius 2 is 0.905 bits per heavy atom. The zero-order valence-corrected chi connectivity index (χ0v) is 33.8. The van der Waals surface area contributed by atoms with Gasteiger partial charge in [-0.25, -0.2) is 9.97 Å². The first-order valence-corrected chi connectivity index (χ1v) is 21.4. The highest BCUT2D eigenvalue weighted by Crippen LogP contribution is 2.43. The minimum absolute atomic E-state index is 0.669. The average molecular weight is 803 g/mol. The summed E-state index contributed by atoms with van der Waals surface area (Å²) in [5, 5.41) is 12.7. The number of rotatable bonds is 4. The molecule has 4 heterocycles. The molecule has 0 spiro atoms. The molecule has 4 aromatic heterocycles. The molecule has 14 rings (SSSR count). The summed E-state index contributed by atoms with van der Waals surface area (Å²) in [5.41, 5.74) is 12.5. The van der Waals surface area contributed by atoms with Crippen LogP contribution in [0.5, 0.6) is 0 Å². The van der Waals surface area contributed by atoms with Crippen molar-refractivity contribution in [3.63, 3.8) is 0 Å². The van der Waals surface area contributed by atoms with Crippen molar-refractivity contribution in [3.8, 4) is 34.0 Å². The molecule has 10 aromatic carbocycles. The molecular formula is C58H34N4O. The summed E-state index contributed by atoms with van der Waals surface area (Å²) < 4.78 is 11.2. The van der Waals surface area contributed by atoms with Crippen LogP contribution in [-0.2, 0) is 0 Å². The lowest BCUT2D eigenvalue weighted by molar-refractivity contribution is 0.669. The molecule has 0 radical (unpaired) electrons. The molecule has 0 amide bonds. The van der Waals surface area contributed by atoms with E-state index in [1.165, 1.54) is 43.4 Å². The first-order chi connectivity index (χ1) is 31.3. The fraction of sp³-hybridized carbons (Fsp3) is 0. The van der Waals surface area contributed by atoms with Crippen molar-refractivity contribution in [1.82, 2.24) is 19.1 Å². The van der Waals surface area contributed by atoms with Crippen LogP contribution in [0, 0.1) is 0 Å². The number of fused-ring (bicyclic) bond motifs is 12. The van der Waals surface area contributed by atoms with E-state index in [1.54, 1.807) is 0 Å². The number of aromatic nitrogens is 4. The van der Waals surface area contributed by atoms with Gasteiger partial charge < -0.3 is 13.6 Å². The average Bonchev–Trinajstić information content (AvgIpc) is 4.00. The van der Waals surface area contributed by atoms with Crippen LogP contribution in [-0.4, -0.2) is 19.1 Å². The fourth-order valence-corrected chi connectivity index (χ4v) is 10.4. The summed E-state index contributed by atoms with van der Waals surface area (Å²) in [7, 11) is 0. The predicted molar refractivity (Wildman–Crippen MR) is 261 cm³/mol. The second kappa shape index (κ2) is 13.0. The Balaban J connectivity index is 1.03. The molecule has 63 heavy (non-hydrogen) atoms. The number of hydrogen-bond acceptors (Lipinski definition) is 3. The van der Waals surface area contributed by atoms with Crippen molar-refractivity contribution in [1.29, 1.82) is 0 Å². The van der Waals surface area contributed by atoms with Gasteiger partial charge >= 0.3 is 0 Å². The van der Waals surface area contributed by atoms with Crippen LogP contribution < -0.4 is 0 Å². The van der Waals surface area contributed by atoms with E-state index in [4.69, 9.17) is 14.4 Å². The Kier molecular flexibility index (Phi) is 7.05. The van der Waals surface area contributed by atoms with Gasteiger partial charge in [0.2, 0.25) is 0 Å². The van der Waals surface area contributed by atoms with Crippen molar-refractivity contribution in [2.45, 2.75) is 0 Å². The molecule has 0 saturated carbocycles. The topological polar surface area (TPSA) is 48.8 Å². The molecule has 0 atom stereocenters. The van der Waals surface area contributed by atoms with Gasteiger partial charge in [-0.15, -0.1) is 0 Å². The SMILES string of the molecule is c1cc(-n2c3ccccc3c3ccccc32)c2cc3c(cc2c1)c1ccccc1n3-c1ccc(-c2nc(-c3cccc4oc5ccccc5c34)nc3ccccc23)c2ccccc12. The molecule has 14 aromatic rings. The smallest absolute Gasteiger partial charge is 0.161 e. The van der Waals surface area contributed by atoms with Gasteiger partial charge in [-0.3, -0.25) is 0 Å². The minimum Gasteiger partial charge on any atom is -0.456 e. The highest BCUT2D eigenvalue weighted by atomic mass is 16.3. The molecule has 5 nitrogen and oxygen atoms in total. The van der Waals surface area contributed by atoms with Gasteiger partial charge in [-0.05, 0) is 71.4 Å². The van der Waals surface area contributed by atoms with Gasteiger partial charge in [0.15, 0.2) is 5.82 Å². The van der Waals surface area contributed by atoms with Crippen LogP contribution >= 0.6 is 0 Å². The van der Waals surface area contributed by atoms with E-state index < -0.39 is 0 Å². The highest BCUT2D eigenvalue weighted by Gasteiger charge is 2.22. The number of para-hydroxylation sites is 5. The maximum Gasteiger partial charge on any atom is 0.161 e. The second-order valence-electron chi connectivity index (χ2n) is 16.5. The van der Waals surface area contributed by atoms with E-state index in [1.807, 2.05) is 24.3 Å². The molecule has 292 valence electrons. The fourth-order valence-electron chi connectivity index (χ4n) is 10.4. The van der Waals surface area contributed by atoms with E-state index in [0.29, 0.717) is 5.82 Å². The van der Waals surface area contributed by atoms with E-state index in [-0.39, 0.29) is 0 Å². The molecule has 0 saturated heterocycles. The summed E-state index contributed by atoms with van der Waals surface area (Å²) in [6.07, 6.45) is 0. The third-order valence-corrected chi connectivity index (χ3v) is 13.1. The Morgan fingerprint density at radius 1 is 0.333 bits per heavy atom. The number of benzene rings is 10. The first-order valence-electron chi connectivity index (χ1n) is 21.4. The Labute approximate surface area is 360 Å². The maximum absolute atomic E-state index is 6.31. The number of hydrogen-bond donors (Lipinski definition) is 0. The van der Waals surface area contributed by atoms with Gasteiger partial charge in [-0.1, -0.05) is 146 Å². The molecule has 0 aliphatic carbocycles. The van der Waals surface area contributed by atoms with Crippen LogP contribution in [0.4, 0.5) is 0 Å². The summed E-state index contributed by atoms with van der Waals surface area (Å²) >= 11 is 0. The third kappa shape index (κ3) is 4.87. The van der Waals surface area contributed by atoms with E-state index in [2.05, 4.69) is 191 Å². The molecule has 0 aliphatic rings. The van der Waals surface area contributed by atoms with E-state index >= 15 is 0 Å². The van der Waals surface area contributed by atoms with Crippen molar-refractivity contribution in [2.24, 2.45) is 0 Å². The van der Waals surface area contributed by atoms with Crippen LogP contribution in [0.15, 0.2) is 211 Å². The maximum atomic E-state index is 6.31. The minimum atomic E-state index is 0.669. The lowest BCUT2D eigenvalue weighted by Gasteiger charge is -2.17. The third-order valence-electron chi connectivity index (χ3n) is 13.1. The zero-order chi connectivity index (χ0) is 41.2. The summed E-state index contributed by atoms with van der Waals surface area (Å²) in [5.74, 6) is 0.669. The van der Waals surface area contributed by atoms with Gasteiger partial charge in [-0.2, -0.15) is 0 Å². The van der Waals surface area contributed by atoms with Crippen LogP contribution in [0.2, 0.25) is 0 Å². The van der Waals surface area contributed by atoms with Crippen molar-refractivity contribution >= 4 is 98.0 Å². The summed E-state index contributed by atoms with van der Waals surface area (Å²) in [4.78, 5) is 10.7. The summed E-state index contributed by atoms with van der Waals surface area (Å²) in [6, 6.07) is 73.8. The van der Waals surface area contributed by atoms with Crippen molar-refractivity contribution in [2.75, 3.05) is 0 Å². The Morgan fingerprint density at radius 3 is 1.67 bits per heavy atom. The number of furan rings is 1. The summed E-state index contributed by atoms with van der Waals surface area (Å²) in [6.45, 7) is 0. The second-order valence-corrected chi connectivity index (χ2v) is 16.5. The monoisotopic (exact) mass is 802 g/mol.